The fraction of sp³-hybridized carbons (Fsp3) is 0.471. The van der Waals surface area contributed by atoms with Crippen LogP contribution in [0.4, 0.5) is 0 Å². The van der Waals surface area contributed by atoms with Gasteiger partial charge in [0, 0.05) is 23.7 Å². The summed E-state index contributed by atoms with van der Waals surface area (Å²) in [4.78, 5) is 14.6. The van der Waals surface area contributed by atoms with E-state index in [4.69, 9.17) is 5.73 Å². The minimum Gasteiger partial charge on any atom is -0.348 e. The van der Waals surface area contributed by atoms with Crippen LogP contribution in [0.1, 0.15) is 34.3 Å². The first kappa shape index (κ1) is 15.6. The van der Waals surface area contributed by atoms with Crippen LogP contribution in [-0.2, 0) is 0 Å². The third kappa shape index (κ3) is 4.32. The molecule has 3 N–H and O–H groups in total. The van der Waals surface area contributed by atoms with Crippen LogP contribution in [0.5, 0.6) is 0 Å². The van der Waals surface area contributed by atoms with Gasteiger partial charge in [0.25, 0.3) is 5.91 Å². The number of piperidine rings is 1. The minimum absolute atomic E-state index is 0.0221. The normalized spacial score (nSPS) is 18.7. The molecule has 2 rings (SSSR count). The predicted octanol–water partition coefficient (Wildman–Crippen LogP) is 1.13. The van der Waals surface area contributed by atoms with E-state index in [9.17, 15) is 4.79 Å². The van der Waals surface area contributed by atoms with Gasteiger partial charge < -0.3 is 16.0 Å². The molecular formula is C17H23N3O. The number of hydrogen-bond donors (Lipinski definition) is 2. The smallest absolute Gasteiger partial charge is 0.251 e. The fourth-order valence-electron chi connectivity index (χ4n) is 2.60. The average Bonchev–Trinajstić information content (AvgIpc) is 2.46. The minimum atomic E-state index is -0.0221. The lowest BCUT2D eigenvalue weighted by molar-refractivity contribution is 0.0912. The van der Waals surface area contributed by atoms with E-state index in [-0.39, 0.29) is 11.9 Å². The van der Waals surface area contributed by atoms with Gasteiger partial charge in [-0.3, -0.25) is 4.79 Å². The average molecular weight is 285 g/mol. The summed E-state index contributed by atoms with van der Waals surface area (Å²) in [6, 6.07) is 5.86. The van der Waals surface area contributed by atoms with Crippen molar-refractivity contribution < 1.29 is 4.79 Å². The van der Waals surface area contributed by atoms with Crippen molar-refractivity contribution in [1.29, 1.82) is 0 Å². The first-order chi connectivity index (χ1) is 10.1. The molecule has 1 fully saturated rings. The second kappa shape index (κ2) is 7.26. The molecule has 0 spiro atoms. The van der Waals surface area contributed by atoms with Crippen molar-refractivity contribution >= 4 is 5.91 Å². The number of benzene rings is 1. The molecule has 1 atom stereocenters. The van der Waals surface area contributed by atoms with E-state index >= 15 is 0 Å². The summed E-state index contributed by atoms with van der Waals surface area (Å²) in [5.74, 6) is 5.83. The Kier molecular flexibility index (Phi) is 5.38. The van der Waals surface area contributed by atoms with Gasteiger partial charge >= 0.3 is 0 Å². The van der Waals surface area contributed by atoms with Gasteiger partial charge in [0.05, 0.1) is 6.54 Å². The number of likely N-dealkylation sites (tertiary alicyclic amines) is 1. The van der Waals surface area contributed by atoms with Gasteiger partial charge in [-0.25, -0.2) is 0 Å². The summed E-state index contributed by atoms with van der Waals surface area (Å²) in [7, 11) is 2.09. The van der Waals surface area contributed by atoms with Gasteiger partial charge in [-0.2, -0.15) is 0 Å². The molecule has 112 valence electrons. The Hall–Kier alpha value is -1.83. The molecule has 0 aromatic heterocycles. The first-order valence-electron chi connectivity index (χ1n) is 7.39. The molecule has 1 aromatic rings. The molecule has 0 radical (unpaired) electrons. The lowest BCUT2D eigenvalue weighted by atomic mass is 10.0. The maximum atomic E-state index is 12.4. The van der Waals surface area contributed by atoms with E-state index in [0.717, 1.165) is 37.1 Å². The summed E-state index contributed by atoms with van der Waals surface area (Å²) in [5.41, 5.74) is 8.00. The number of carbonyl (C=O) groups excluding carboxylic acids is 1. The molecule has 0 saturated carbocycles. The number of aryl methyl sites for hydroxylation is 1. The molecule has 4 heteroatoms. The molecule has 1 aliphatic heterocycles. The standard InChI is InChI=1S/C17H23N3O/c1-13-7-8-15(11-14(13)5-3-9-18)17(21)19-16-6-4-10-20(2)12-16/h7-8,11,16H,4,6,9-10,12,18H2,1-2H3,(H,19,21). The predicted molar refractivity (Wildman–Crippen MR) is 85.1 cm³/mol. The molecule has 0 bridgehead atoms. The highest BCUT2D eigenvalue weighted by atomic mass is 16.1. The number of amides is 1. The van der Waals surface area contributed by atoms with Crippen molar-refractivity contribution in [2.75, 3.05) is 26.7 Å². The molecule has 1 aromatic carbocycles. The van der Waals surface area contributed by atoms with Crippen LogP contribution in [0, 0.1) is 18.8 Å². The second-order valence-electron chi connectivity index (χ2n) is 5.61. The molecule has 1 saturated heterocycles. The van der Waals surface area contributed by atoms with Crippen molar-refractivity contribution in [2.45, 2.75) is 25.8 Å². The lowest BCUT2D eigenvalue weighted by Gasteiger charge is -2.30. The summed E-state index contributed by atoms with van der Waals surface area (Å²) in [6.45, 7) is 4.33. The topological polar surface area (TPSA) is 58.4 Å². The van der Waals surface area contributed by atoms with Crippen LogP contribution >= 0.6 is 0 Å². The number of hydrogen-bond acceptors (Lipinski definition) is 3. The lowest BCUT2D eigenvalue weighted by Crippen LogP contribution is -2.46. The zero-order valence-electron chi connectivity index (χ0n) is 12.8. The molecule has 0 aliphatic carbocycles. The summed E-state index contributed by atoms with van der Waals surface area (Å²) >= 11 is 0. The Morgan fingerprint density at radius 2 is 2.33 bits per heavy atom. The van der Waals surface area contributed by atoms with Crippen LogP contribution in [0.15, 0.2) is 18.2 Å². The summed E-state index contributed by atoms with van der Waals surface area (Å²) in [6.07, 6.45) is 2.17. The third-order valence-corrected chi connectivity index (χ3v) is 3.78. The molecule has 21 heavy (non-hydrogen) atoms. The van der Waals surface area contributed by atoms with Crippen molar-refractivity contribution in [3.05, 3.63) is 34.9 Å². The number of nitrogens with two attached hydrogens (primary N) is 1. The van der Waals surface area contributed by atoms with E-state index in [1.165, 1.54) is 0 Å². The second-order valence-corrected chi connectivity index (χ2v) is 5.61. The van der Waals surface area contributed by atoms with Crippen LogP contribution in [0.2, 0.25) is 0 Å². The van der Waals surface area contributed by atoms with Gasteiger partial charge in [0.15, 0.2) is 0 Å². The summed E-state index contributed by atoms with van der Waals surface area (Å²) < 4.78 is 0. The monoisotopic (exact) mass is 285 g/mol. The fourth-order valence-corrected chi connectivity index (χ4v) is 2.60. The Morgan fingerprint density at radius 3 is 3.05 bits per heavy atom. The van der Waals surface area contributed by atoms with Crippen LogP contribution in [0.25, 0.3) is 0 Å². The van der Waals surface area contributed by atoms with Crippen molar-refractivity contribution in [3.8, 4) is 11.8 Å². The Morgan fingerprint density at radius 1 is 1.52 bits per heavy atom. The number of nitrogens with zero attached hydrogens (tertiary/aromatic N) is 1. The SMILES string of the molecule is Cc1ccc(C(=O)NC2CCCN(C)C2)cc1C#CCN. The van der Waals surface area contributed by atoms with Crippen molar-refractivity contribution in [3.63, 3.8) is 0 Å². The third-order valence-electron chi connectivity index (χ3n) is 3.78. The molecule has 4 nitrogen and oxygen atoms in total. The van der Waals surface area contributed by atoms with E-state index in [1.807, 2.05) is 25.1 Å². The van der Waals surface area contributed by atoms with Gasteiger partial charge in [0.1, 0.15) is 0 Å². The largest absolute Gasteiger partial charge is 0.348 e. The zero-order valence-corrected chi connectivity index (χ0v) is 12.8. The van der Waals surface area contributed by atoms with Gasteiger partial charge in [-0.05, 0) is 51.1 Å². The molecule has 1 amide bonds. The van der Waals surface area contributed by atoms with E-state index in [0.29, 0.717) is 12.1 Å². The Balaban J connectivity index is 2.08. The van der Waals surface area contributed by atoms with E-state index in [2.05, 4.69) is 29.1 Å². The Bertz CT molecular complexity index is 571. The number of carbonyl (C=O) groups is 1. The molecular weight excluding hydrogens is 262 g/mol. The van der Waals surface area contributed by atoms with Crippen LogP contribution in [-0.4, -0.2) is 43.5 Å². The number of rotatable bonds is 2. The maximum absolute atomic E-state index is 12.4. The van der Waals surface area contributed by atoms with E-state index in [1.54, 1.807) is 0 Å². The maximum Gasteiger partial charge on any atom is 0.251 e. The van der Waals surface area contributed by atoms with Gasteiger partial charge in [-0.15, -0.1) is 0 Å². The van der Waals surface area contributed by atoms with Gasteiger partial charge in [-0.1, -0.05) is 17.9 Å². The summed E-state index contributed by atoms with van der Waals surface area (Å²) in [5, 5.41) is 3.11. The Labute approximate surface area is 126 Å². The first-order valence-corrected chi connectivity index (χ1v) is 7.39. The number of likely N-dealkylation sites (N-methyl/N-ethyl adjacent to an activating group) is 1. The van der Waals surface area contributed by atoms with Crippen molar-refractivity contribution in [2.24, 2.45) is 5.73 Å². The highest BCUT2D eigenvalue weighted by Gasteiger charge is 2.19. The van der Waals surface area contributed by atoms with Crippen LogP contribution < -0.4 is 11.1 Å². The van der Waals surface area contributed by atoms with Gasteiger partial charge in [0.2, 0.25) is 0 Å². The molecule has 1 aliphatic rings. The number of nitrogens with one attached hydrogen (secondary N) is 1. The van der Waals surface area contributed by atoms with Crippen LogP contribution in [0.3, 0.4) is 0 Å². The molecule has 1 heterocycles. The zero-order chi connectivity index (χ0) is 15.2. The molecule has 1 unspecified atom stereocenters. The van der Waals surface area contributed by atoms with E-state index < -0.39 is 0 Å². The van der Waals surface area contributed by atoms with Crippen molar-refractivity contribution in [1.82, 2.24) is 10.2 Å². The highest BCUT2D eigenvalue weighted by Crippen LogP contribution is 2.12. The quantitative estimate of drug-likeness (QED) is 0.801. The highest BCUT2D eigenvalue weighted by molar-refractivity contribution is 5.94.